The summed E-state index contributed by atoms with van der Waals surface area (Å²) in [5, 5.41) is 2.79. The van der Waals surface area contributed by atoms with E-state index in [4.69, 9.17) is 5.73 Å². The lowest BCUT2D eigenvalue weighted by atomic mass is 9.99. The fraction of sp³-hybridized carbons (Fsp3) is 0.533. The lowest BCUT2D eigenvalue weighted by Crippen LogP contribution is -2.46. The highest BCUT2D eigenvalue weighted by atomic mass is 19.1. The molecule has 1 aromatic rings. The lowest BCUT2D eigenvalue weighted by Gasteiger charge is -2.34. The van der Waals surface area contributed by atoms with Crippen molar-refractivity contribution in [3.8, 4) is 0 Å². The molecule has 1 amide bonds. The summed E-state index contributed by atoms with van der Waals surface area (Å²) in [5.41, 5.74) is 6.07. The number of nitrogens with two attached hydrogens (primary N) is 1. The Balaban J connectivity index is 1.98. The van der Waals surface area contributed by atoms with Crippen molar-refractivity contribution in [3.63, 3.8) is 0 Å². The van der Waals surface area contributed by atoms with E-state index < -0.39 is 5.82 Å². The molecule has 1 fully saturated rings. The maximum atomic E-state index is 13.1. The highest BCUT2D eigenvalue weighted by Gasteiger charge is 2.25. The molecule has 2 unspecified atom stereocenters. The third-order valence-corrected chi connectivity index (χ3v) is 3.88. The van der Waals surface area contributed by atoms with Gasteiger partial charge in [0.15, 0.2) is 0 Å². The van der Waals surface area contributed by atoms with Gasteiger partial charge < -0.3 is 11.1 Å². The van der Waals surface area contributed by atoms with Gasteiger partial charge in [-0.3, -0.25) is 9.69 Å². The van der Waals surface area contributed by atoms with Gasteiger partial charge in [0.25, 0.3) is 0 Å². The molecule has 0 aliphatic carbocycles. The van der Waals surface area contributed by atoms with Crippen LogP contribution in [0.25, 0.3) is 0 Å². The van der Waals surface area contributed by atoms with Crippen LogP contribution in [-0.4, -0.2) is 29.9 Å². The second-order valence-corrected chi connectivity index (χ2v) is 5.64. The molecule has 5 heteroatoms. The molecule has 1 heterocycles. The van der Waals surface area contributed by atoms with Crippen molar-refractivity contribution >= 4 is 17.3 Å². The zero-order chi connectivity index (χ0) is 14.7. The quantitative estimate of drug-likeness (QED) is 0.836. The maximum Gasteiger partial charge on any atom is 0.241 e. The molecule has 0 spiro atoms. The number of nitrogens with one attached hydrogen (secondary N) is 1. The predicted octanol–water partition coefficient (Wildman–Crippen LogP) is 2.47. The fourth-order valence-electron chi connectivity index (χ4n) is 2.61. The standard InChI is InChI=1S/C15H22FN3O/c1-10-4-3-7-19(9-10)11(2)15(20)18-12-5-6-13(16)14(17)8-12/h5-6,8,10-11H,3-4,7,9,17H2,1-2H3,(H,18,20). The molecule has 0 bridgehead atoms. The second-order valence-electron chi connectivity index (χ2n) is 5.64. The van der Waals surface area contributed by atoms with Crippen molar-refractivity contribution in [1.29, 1.82) is 0 Å². The number of piperidine rings is 1. The van der Waals surface area contributed by atoms with Gasteiger partial charge in [0, 0.05) is 12.2 Å². The topological polar surface area (TPSA) is 58.4 Å². The van der Waals surface area contributed by atoms with Crippen LogP contribution in [0.2, 0.25) is 0 Å². The summed E-state index contributed by atoms with van der Waals surface area (Å²) in [6.45, 7) is 6.00. The van der Waals surface area contributed by atoms with Gasteiger partial charge in [0.05, 0.1) is 11.7 Å². The second kappa shape index (κ2) is 6.22. The molecule has 0 radical (unpaired) electrons. The van der Waals surface area contributed by atoms with E-state index in [-0.39, 0.29) is 17.6 Å². The average molecular weight is 279 g/mol. The molecule has 0 saturated carbocycles. The largest absolute Gasteiger partial charge is 0.396 e. The summed E-state index contributed by atoms with van der Waals surface area (Å²) in [6, 6.07) is 4.04. The fourth-order valence-corrected chi connectivity index (χ4v) is 2.61. The smallest absolute Gasteiger partial charge is 0.241 e. The number of benzene rings is 1. The average Bonchev–Trinajstić information content (AvgIpc) is 2.42. The van der Waals surface area contributed by atoms with E-state index in [1.165, 1.54) is 24.6 Å². The van der Waals surface area contributed by atoms with Gasteiger partial charge in [-0.05, 0) is 50.4 Å². The van der Waals surface area contributed by atoms with Crippen molar-refractivity contribution < 1.29 is 9.18 Å². The summed E-state index contributed by atoms with van der Waals surface area (Å²) in [7, 11) is 0. The number of rotatable bonds is 3. The Morgan fingerprint density at radius 3 is 2.95 bits per heavy atom. The van der Waals surface area contributed by atoms with Gasteiger partial charge in [-0.25, -0.2) is 4.39 Å². The maximum absolute atomic E-state index is 13.1. The third-order valence-electron chi connectivity index (χ3n) is 3.88. The summed E-state index contributed by atoms with van der Waals surface area (Å²) in [4.78, 5) is 14.4. The van der Waals surface area contributed by atoms with Gasteiger partial charge >= 0.3 is 0 Å². The number of halogens is 1. The zero-order valence-corrected chi connectivity index (χ0v) is 12.0. The first-order valence-corrected chi connectivity index (χ1v) is 7.07. The minimum absolute atomic E-state index is 0.0436. The van der Waals surface area contributed by atoms with Gasteiger partial charge in [0.1, 0.15) is 5.82 Å². The molecule has 2 atom stereocenters. The molecule has 0 aromatic heterocycles. The number of nitrogens with zero attached hydrogens (tertiary/aromatic N) is 1. The number of hydrogen-bond acceptors (Lipinski definition) is 3. The number of carbonyl (C=O) groups is 1. The van der Waals surface area contributed by atoms with Crippen molar-refractivity contribution in [3.05, 3.63) is 24.0 Å². The van der Waals surface area contributed by atoms with Crippen LogP contribution in [0.3, 0.4) is 0 Å². The number of anilines is 2. The van der Waals surface area contributed by atoms with Crippen molar-refractivity contribution in [2.45, 2.75) is 32.7 Å². The van der Waals surface area contributed by atoms with Gasteiger partial charge in [-0.1, -0.05) is 6.92 Å². The summed E-state index contributed by atoms with van der Waals surface area (Å²) in [6.07, 6.45) is 2.35. The number of carbonyl (C=O) groups excluding carboxylic acids is 1. The van der Waals surface area contributed by atoms with Gasteiger partial charge in [0.2, 0.25) is 5.91 Å². The van der Waals surface area contributed by atoms with Crippen LogP contribution in [0.15, 0.2) is 18.2 Å². The molecule has 1 saturated heterocycles. The zero-order valence-electron chi connectivity index (χ0n) is 12.0. The van der Waals surface area contributed by atoms with E-state index in [1.54, 1.807) is 0 Å². The van der Waals surface area contributed by atoms with E-state index in [2.05, 4.69) is 17.1 Å². The first kappa shape index (κ1) is 14.8. The summed E-state index contributed by atoms with van der Waals surface area (Å²) >= 11 is 0. The van der Waals surface area contributed by atoms with Crippen LogP contribution in [0.5, 0.6) is 0 Å². The number of hydrogen-bond donors (Lipinski definition) is 2. The molecule has 2 rings (SSSR count). The number of nitrogen functional groups attached to an aromatic ring is 1. The van der Waals surface area contributed by atoms with E-state index in [0.717, 1.165) is 19.5 Å². The van der Waals surface area contributed by atoms with E-state index in [0.29, 0.717) is 11.6 Å². The lowest BCUT2D eigenvalue weighted by molar-refractivity contribution is -0.121. The molecule has 1 aliphatic rings. The predicted molar refractivity (Wildman–Crippen MR) is 78.9 cm³/mol. The monoisotopic (exact) mass is 279 g/mol. The van der Waals surface area contributed by atoms with E-state index in [9.17, 15) is 9.18 Å². The molecular weight excluding hydrogens is 257 g/mol. The molecule has 1 aliphatic heterocycles. The van der Waals surface area contributed by atoms with Crippen LogP contribution in [0, 0.1) is 11.7 Å². The highest BCUT2D eigenvalue weighted by molar-refractivity contribution is 5.94. The van der Waals surface area contributed by atoms with Crippen LogP contribution in [0.1, 0.15) is 26.7 Å². The molecule has 1 aromatic carbocycles. The molecule has 110 valence electrons. The molecule has 20 heavy (non-hydrogen) atoms. The molecule has 3 N–H and O–H groups in total. The van der Waals surface area contributed by atoms with E-state index in [1.807, 2.05) is 6.92 Å². The first-order chi connectivity index (χ1) is 9.47. The van der Waals surface area contributed by atoms with Crippen LogP contribution < -0.4 is 11.1 Å². The van der Waals surface area contributed by atoms with Crippen molar-refractivity contribution in [1.82, 2.24) is 4.90 Å². The Hall–Kier alpha value is -1.62. The Labute approximate surface area is 119 Å². The molecule has 4 nitrogen and oxygen atoms in total. The first-order valence-electron chi connectivity index (χ1n) is 7.07. The van der Waals surface area contributed by atoms with Crippen molar-refractivity contribution in [2.24, 2.45) is 5.92 Å². The third kappa shape index (κ3) is 3.48. The van der Waals surface area contributed by atoms with Gasteiger partial charge in [-0.15, -0.1) is 0 Å². The Kier molecular flexibility index (Phi) is 4.60. The minimum Gasteiger partial charge on any atom is -0.396 e. The number of amides is 1. The Morgan fingerprint density at radius 1 is 1.55 bits per heavy atom. The number of likely N-dealkylation sites (tertiary alicyclic amines) is 1. The van der Waals surface area contributed by atoms with Gasteiger partial charge in [-0.2, -0.15) is 0 Å². The van der Waals surface area contributed by atoms with Crippen LogP contribution >= 0.6 is 0 Å². The van der Waals surface area contributed by atoms with Crippen LogP contribution in [-0.2, 0) is 4.79 Å². The van der Waals surface area contributed by atoms with Crippen LogP contribution in [0.4, 0.5) is 15.8 Å². The highest BCUT2D eigenvalue weighted by Crippen LogP contribution is 2.20. The minimum atomic E-state index is -0.471. The normalized spacial score (nSPS) is 21.4. The van der Waals surface area contributed by atoms with Crippen molar-refractivity contribution in [2.75, 3.05) is 24.1 Å². The van der Waals surface area contributed by atoms with E-state index >= 15 is 0 Å². The SMILES string of the molecule is CC1CCCN(C(C)C(=O)Nc2ccc(F)c(N)c2)C1. The Bertz CT molecular complexity index is 492. The molecular formula is C15H22FN3O. The summed E-state index contributed by atoms with van der Waals surface area (Å²) in [5.74, 6) is 0.0754. The summed E-state index contributed by atoms with van der Waals surface area (Å²) < 4.78 is 13.1. The Morgan fingerprint density at radius 2 is 2.30 bits per heavy atom.